The third-order valence-electron chi connectivity index (χ3n) is 5.26. The number of benzene rings is 3. The first kappa shape index (κ1) is 20.4. The molecular weight excluding hydrogens is 388 g/mol. The number of methoxy groups -OCH3 is 1. The molecule has 0 aliphatic heterocycles. The zero-order valence-corrected chi connectivity index (χ0v) is 17.4. The van der Waals surface area contributed by atoms with Crippen molar-refractivity contribution in [3.63, 3.8) is 0 Å². The SMILES string of the molecule is COc1ccc2cc(CCc3ccccc3)c(=O)n(CC(=O)Nc3ccccc3)c2c1. The van der Waals surface area contributed by atoms with E-state index in [9.17, 15) is 9.59 Å². The molecule has 0 fully saturated rings. The molecule has 0 atom stereocenters. The molecule has 31 heavy (non-hydrogen) atoms. The fourth-order valence-electron chi connectivity index (χ4n) is 3.66. The van der Waals surface area contributed by atoms with Gasteiger partial charge in [-0.3, -0.25) is 14.2 Å². The van der Waals surface area contributed by atoms with E-state index in [1.165, 1.54) is 10.1 Å². The highest BCUT2D eigenvalue weighted by Gasteiger charge is 2.14. The minimum absolute atomic E-state index is 0.0728. The number of pyridine rings is 1. The number of carbonyl (C=O) groups excluding carboxylic acids is 1. The summed E-state index contributed by atoms with van der Waals surface area (Å²) in [7, 11) is 1.58. The quantitative estimate of drug-likeness (QED) is 0.488. The first-order valence-corrected chi connectivity index (χ1v) is 10.2. The van der Waals surface area contributed by atoms with Crippen LogP contribution in [0.3, 0.4) is 0 Å². The minimum atomic E-state index is -0.252. The Bertz CT molecular complexity index is 1250. The largest absolute Gasteiger partial charge is 0.497 e. The Labute approximate surface area is 180 Å². The van der Waals surface area contributed by atoms with Crippen LogP contribution in [0.25, 0.3) is 10.9 Å². The highest BCUT2D eigenvalue weighted by Crippen LogP contribution is 2.21. The average Bonchev–Trinajstić information content (AvgIpc) is 2.81. The van der Waals surface area contributed by atoms with Gasteiger partial charge in [0.1, 0.15) is 12.3 Å². The van der Waals surface area contributed by atoms with Crippen LogP contribution >= 0.6 is 0 Å². The maximum Gasteiger partial charge on any atom is 0.254 e. The molecule has 0 bridgehead atoms. The summed E-state index contributed by atoms with van der Waals surface area (Å²) in [6.45, 7) is -0.0728. The van der Waals surface area contributed by atoms with Crippen molar-refractivity contribution in [1.82, 2.24) is 4.57 Å². The van der Waals surface area contributed by atoms with Crippen molar-refractivity contribution >= 4 is 22.5 Å². The molecule has 1 N–H and O–H groups in total. The summed E-state index contributed by atoms with van der Waals surface area (Å²) in [5.74, 6) is 0.388. The molecule has 0 aliphatic carbocycles. The Kier molecular flexibility index (Phi) is 6.13. The number of para-hydroxylation sites is 1. The first-order chi connectivity index (χ1) is 15.1. The molecule has 3 aromatic carbocycles. The van der Waals surface area contributed by atoms with Gasteiger partial charge in [0.15, 0.2) is 0 Å². The second kappa shape index (κ2) is 9.30. The molecule has 0 radical (unpaired) electrons. The van der Waals surface area contributed by atoms with Gasteiger partial charge in [-0.05, 0) is 54.1 Å². The summed E-state index contributed by atoms with van der Waals surface area (Å²) in [4.78, 5) is 26.1. The highest BCUT2D eigenvalue weighted by atomic mass is 16.5. The summed E-state index contributed by atoms with van der Waals surface area (Å²) in [6.07, 6.45) is 1.36. The lowest BCUT2D eigenvalue weighted by molar-refractivity contribution is -0.116. The number of fused-ring (bicyclic) bond motifs is 1. The summed E-state index contributed by atoms with van der Waals surface area (Å²) >= 11 is 0. The number of carbonyl (C=O) groups is 1. The lowest BCUT2D eigenvalue weighted by Crippen LogP contribution is -2.30. The lowest BCUT2D eigenvalue weighted by atomic mass is 10.0. The van der Waals surface area contributed by atoms with Crippen molar-refractivity contribution in [3.8, 4) is 5.75 Å². The molecule has 5 heteroatoms. The monoisotopic (exact) mass is 412 g/mol. The summed E-state index contributed by atoms with van der Waals surface area (Å²) in [5, 5.41) is 3.76. The Hall–Kier alpha value is -3.86. The van der Waals surface area contributed by atoms with Gasteiger partial charge in [0.25, 0.3) is 5.56 Å². The highest BCUT2D eigenvalue weighted by molar-refractivity contribution is 5.92. The number of hydrogen-bond acceptors (Lipinski definition) is 3. The van der Waals surface area contributed by atoms with Gasteiger partial charge in [-0.15, -0.1) is 0 Å². The fraction of sp³-hybridized carbons (Fsp3) is 0.154. The smallest absolute Gasteiger partial charge is 0.254 e. The van der Waals surface area contributed by atoms with E-state index in [1.54, 1.807) is 13.2 Å². The molecule has 0 saturated heterocycles. The zero-order valence-electron chi connectivity index (χ0n) is 17.4. The second-order valence-corrected chi connectivity index (χ2v) is 7.39. The van der Waals surface area contributed by atoms with Crippen molar-refractivity contribution in [2.24, 2.45) is 0 Å². The van der Waals surface area contributed by atoms with Crippen LogP contribution in [0.5, 0.6) is 5.75 Å². The summed E-state index contributed by atoms with van der Waals surface area (Å²) in [6, 6.07) is 26.8. The Morgan fingerprint density at radius 1 is 0.903 bits per heavy atom. The molecule has 1 amide bonds. The van der Waals surface area contributed by atoms with Gasteiger partial charge >= 0.3 is 0 Å². The van der Waals surface area contributed by atoms with Gasteiger partial charge in [-0.25, -0.2) is 0 Å². The van der Waals surface area contributed by atoms with Gasteiger partial charge in [-0.1, -0.05) is 48.5 Å². The third-order valence-corrected chi connectivity index (χ3v) is 5.26. The van der Waals surface area contributed by atoms with Crippen LogP contribution in [0.1, 0.15) is 11.1 Å². The summed E-state index contributed by atoms with van der Waals surface area (Å²) in [5.41, 5.74) is 3.08. The number of nitrogens with zero attached hydrogens (tertiary/aromatic N) is 1. The molecule has 1 aromatic heterocycles. The molecule has 0 aliphatic rings. The molecule has 0 unspecified atom stereocenters. The second-order valence-electron chi connectivity index (χ2n) is 7.39. The zero-order chi connectivity index (χ0) is 21.6. The van der Waals surface area contributed by atoms with Gasteiger partial charge in [0.05, 0.1) is 12.6 Å². The van der Waals surface area contributed by atoms with E-state index < -0.39 is 0 Å². The van der Waals surface area contributed by atoms with Crippen molar-refractivity contribution in [1.29, 1.82) is 0 Å². The summed E-state index contributed by atoms with van der Waals surface area (Å²) < 4.78 is 6.88. The number of aryl methyl sites for hydroxylation is 2. The van der Waals surface area contributed by atoms with E-state index in [1.807, 2.05) is 66.7 Å². The first-order valence-electron chi connectivity index (χ1n) is 10.2. The van der Waals surface area contributed by atoms with Crippen LogP contribution in [-0.4, -0.2) is 17.6 Å². The van der Waals surface area contributed by atoms with Gasteiger partial charge in [0, 0.05) is 17.3 Å². The Balaban J connectivity index is 1.68. The van der Waals surface area contributed by atoms with Crippen LogP contribution in [0.15, 0.2) is 89.7 Å². The van der Waals surface area contributed by atoms with Crippen molar-refractivity contribution in [2.45, 2.75) is 19.4 Å². The van der Waals surface area contributed by atoms with Crippen LogP contribution in [0, 0.1) is 0 Å². The number of ether oxygens (including phenoxy) is 1. The van der Waals surface area contributed by atoms with Gasteiger partial charge < -0.3 is 10.1 Å². The van der Waals surface area contributed by atoms with Crippen LogP contribution < -0.4 is 15.6 Å². The number of amides is 1. The molecule has 0 saturated carbocycles. The lowest BCUT2D eigenvalue weighted by Gasteiger charge is -2.14. The minimum Gasteiger partial charge on any atom is -0.497 e. The maximum atomic E-state index is 13.3. The third kappa shape index (κ3) is 4.83. The van der Waals surface area contributed by atoms with Crippen LogP contribution in [0.4, 0.5) is 5.69 Å². The normalized spacial score (nSPS) is 10.7. The number of rotatable bonds is 7. The van der Waals surface area contributed by atoms with Crippen molar-refractivity contribution in [2.75, 3.05) is 12.4 Å². The van der Waals surface area contributed by atoms with E-state index >= 15 is 0 Å². The molecule has 4 aromatic rings. The standard InChI is InChI=1S/C26H24N2O3/c1-31-23-15-14-20-16-21(13-12-19-8-4-2-5-9-19)26(30)28(24(20)17-23)18-25(29)27-22-10-6-3-7-11-22/h2-11,14-17H,12-13,18H2,1H3,(H,27,29). The topological polar surface area (TPSA) is 60.3 Å². The van der Waals surface area contributed by atoms with Crippen molar-refractivity contribution in [3.05, 3.63) is 106 Å². The molecular formula is C26H24N2O3. The van der Waals surface area contributed by atoms with E-state index in [0.29, 0.717) is 28.9 Å². The molecule has 0 spiro atoms. The van der Waals surface area contributed by atoms with Crippen molar-refractivity contribution < 1.29 is 9.53 Å². The average molecular weight is 412 g/mol. The van der Waals surface area contributed by atoms with Gasteiger partial charge in [0.2, 0.25) is 5.91 Å². The number of anilines is 1. The van der Waals surface area contributed by atoms with E-state index in [2.05, 4.69) is 17.4 Å². The van der Waals surface area contributed by atoms with E-state index in [0.717, 1.165) is 11.8 Å². The predicted molar refractivity (Wildman–Crippen MR) is 124 cm³/mol. The molecule has 156 valence electrons. The number of hydrogen-bond donors (Lipinski definition) is 1. The predicted octanol–water partition coefficient (Wildman–Crippen LogP) is 4.43. The molecule has 5 nitrogen and oxygen atoms in total. The molecule has 4 rings (SSSR count). The van der Waals surface area contributed by atoms with Crippen LogP contribution in [0.2, 0.25) is 0 Å². The Morgan fingerprint density at radius 2 is 1.61 bits per heavy atom. The fourth-order valence-corrected chi connectivity index (χ4v) is 3.66. The maximum absolute atomic E-state index is 13.3. The molecule has 1 heterocycles. The Morgan fingerprint density at radius 3 is 2.32 bits per heavy atom. The number of aromatic nitrogens is 1. The van der Waals surface area contributed by atoms with E-state index in [4.69, 9.17) is 4.74 Å². The van der Waals surface area contributed by atoms with Crippen LogP contribution in [-0.2, 0) is 24.2 Å². The van der Waals surface area contributed by atoms with E-state index in [-0.39, 0.29) is 18.0 Å². The van der Waals surface area contributed by atoms with Gasteiger partial charge in [-0.2, -0.15) is 0 Å². The number of nitrogens with one attached hydrogen (secondary N) is 1.